The molecule has 2 bridgehead atoms. The van der Waals surface area contributed by atoms with Crippen molar-refractivity contribution in [3.63, 3.8) is 0 Å². The first-order valence-electron chi connectivity index (χ1n) is 6.74. The number of thiophene rings is 1. The average molecular weight is 250 g/mol. The lowest BCUT2D eigenvalue weighted by Gasteiger charge is -2.41. The molecule has 0 aliphatic carbocycles. The van der Waals surface area contributed by atoms with Crippen molar-refractivity contribution in [2.75, 3.05) is 0 Å². The van der Waals surface area contributed by atoms with Crippen LogP contribution in [0.5, 0.6) is 0 Å². The number of aryl methyl sites for hydroxylation is 1. The maximum absolute atomic E-state index is 6.14. The summed E-state index contributed by atoms with van der Waals surface area (Å²) < 4.78 is 0. The molecule has 2 N–H and O–H groups in total. The Labute approximate surface area is 108 Å². The van der Waals surface area contributed by atoms with Gasteiger partial charge in [0, 0.05) is 33.9 Å². The van der Waals surface area contributed by atoms with Crippen LogP contribution in [0.15, 0.2) is 12.1 Å². The summed E-state index contributed by atoms with van der Waals surface area (Å²) in [6.07, 6.45) is 5.11. The number of hydrogen-bond acceptors (Lipinski definition) is 3. The molecule has 0 saturated carbocycles. The van der Waals surface area contributed by atoms with E-state index in [0.29, 0.717) is 12.1 Å². The highest BCUT2D eigenvalue weighted by Gasteiger charge is 2.42. The first-order valence-corrected chi connectivity index (χ1v) is 7.56. The van der Waals surface area contributed by atoms with Gasteiger partial charge in [0.25, 0.3) is 0 Å². The molecule has 1 aromatic rings. The minimum atomic E-state index is 0.445. The summed E-state index contributed by atoms with van der Waals surface area (Å²) in [6, 6.07) is 7.05. The van der Waals surface area contributed by atoms with Crippen LogP contribution < -0.4 is 5.73 Å². The third-order valence-electron chi connectivity index (χ3n) is 4.45. The van der Waals surface area contributed by atoms with Gasteiger partial charge in [-0.25, -0.2) is 0 Å². The summed E-state index contributed by atoms with van der Waals surface area (Å²) in [7, 11) is 0. The van der Waals surface area contributed by atoms with Crippen molar-refractivity contribution in [1.29, 1.82) is 0 Å². The topological polar surface area (TPSA) is 29.3 Å². The Kier molecular flexibility index (Phi) is 3.01. The maximum Gasteiger partial charge on any atom is 0.0419 e. The van der Waals surface area contributed by atoms with E-state index < -0.39 is 0 Å². The Morgan fingerprint density at radius 2 is 1.94 bits per heavy atom. The van der Waals surface area contributed by atoms with Crippen molar-refractivity contribution in [2.24, 2.45) is 5.73 Å². The van der Waals surface area contributed by atoms with E-state index in [4.69, 9.17) is 5.73 Å². The molecule has 3 heteroatoms. The summed E-state index contributed by atoms with van der Waals surface area (Å²) in [5.41, 5.74) is 6.14. The van der Waals surface area contributed by atoms with Crippen molar-refractivity contribution in [1.82, 2.24) is 4.90 Å². The molecule has 0 radical (unpaired) electrons. The van der Waals surface area contributed by atoms with Gasteiger partial charge in [-0.1, -0.05) is 0 Å². The predicted octanol–water partition coefficient (Wildman–Crippen LogP) is 3.07. The minimum absolute atomic E-state index is 0.445. The van der Waals surface area contributed by atoms with Crippen molar-refractivity contribution in [3.05, 3.63) is 21.9 Å². The molecule has 2 aliphatic rings. The monoisotopic (exact) mass is 250 g/mol. The number of nitrogens with zero attached hydrogens (tertiary/aromatic N) is 1. The zero-order valence-electron chi connectivity index (χ0n) is 10.7. The molecular weight excluding hydrogens is 228 g/mol. The Hall–Kier alpha value is -0.380. The average Bonchev–Trinajstić information content (AvgIpc) is 2.81. The molecule has 3 atom stereocenters. The van der Waals surface area contributed by atoms with E-state index in [2.05, 4.69) is 30.9 Å². The van der Waals surface area contributed by atoms with Crippen LogP contribution in [-0.2, 0) is 0 Å². The zero-order valence-corrected chi connectivity index (χ0v) is 11.5. The van der Waals surface area contributed by atoms with E-state index in [1.807, 2.05) is 11.3 Å². The van der Waals surface area contributed by atoms with Crippen molar-refractivity contribution >= 4 is 11.3 Å². The predicted molar refractivity (Wildman–Crippen MR) is 73.3 cm³/mol. The van der Waals surface area contributed by atoms with Gasteiger partial charge in [-0.15, -0.1) is 11.3 Å². The summed E-state index contributed by atoms with van der Waals surface area (Å²) in [6.45, 7) is 4.56. The van der Waals surface area contributed by atoms with Crippen LogP contribution in [0.2, 0.25) is 0 Å². The highest BCUT2D eigenvalue weighted by Crippen LogP contribution is 2.42. The third-order valence-corrected chi connectivity index (χ3v) is 5.62. The van der Waals surface area contributed by atoms with Crippen molar-refractivity contribution in [3.8, 4) is 0 Å². The smallest absolute Gasteiger partial charge is 0.0419 e. The van der Waals surface area contributed by atoms with Crippen LogP contribution in [0.4, 0.5) is 0 Å². The molecule has 17 heavy (non-hydrogen) atoms. The normalized spacial score (nSPS) is 35.1. The van der Waals surface area contributed by atoms with Crippen LogP contribution in [0.25, 0.3) is 0 Å². The lowest BCUT2D eigenvalue weighted by Crippen LogP contribution is -2.48. The molecule has 3 heterocycles. The van der Waals surface area contributed by atoms with E-state index in [1.54, 1.807) is 0 Å². The molecule has 2 nitrogen and oxygen atoms in total. The Balaban J connectivity index is 1.81. The van der Waals surface area contributed by atoms with Gasteiger partial charge in [0.05, 0.1) is 0 Å². The molecule has 2 saturated heterocycles. The summed E-state index contributed by atoms with van der Waals surface area (Å²) in [5.74, 6) is 0. The quantitative estimate of drug-likeness (QED) is 0.874. The lowest BCUT2D eigenvalue weighted by molar-refractivity contribution is 0.0870. The minimum Gasteiger partial charge on any atom is -0.328 e. The Morgan fingerprint density at radius 1 is 1.29 bits per heavy atom. The second-order valence-electron chi connectivity index (χ2n) is 5.69. The number of rotatable bonds is 2. The van der Waals surface area contributed by atoms with Crippen LogP contribution in [0, 0.1) is 6.92 Å². The lowest BCUT2D eigenvalue weighted by atomic mass is 9.96. The van der Waals surface area contributed by atoms with Gasteiger partial charge in [-0.2, -0.15) is 0 Å². The van der Waals surface area contributed by atoms with E-state index in [9.17, 15) is 0 Å². The van der Waals surface area contributed by atoms with Gasteiger partial charge < -0.3 is 5.73 Å². The molecule has 2 aliphatic heterocycles. The number of nitrogens with two attached hydrogens (primary N) is 1. The van der Waals surface area contributed by atoms with Gasteiger partial charge in [-0.05, 0) is 51.7 Å². The second kappa shape index (κ2) is 4.38. The molecule has 0 amide bonds. The molecule has 0 aromatic carbocycles. The first kappa shape index (κ1) is 11.7. The SMILES string of the molecule is Cc1ccc(C(C)N2C3CCC2CC(N)C3)s1. The van der Waals surface area contributed by atoms with Crippen LogP contribution in [0.1, 0.15) is 48.4 Å². The van der Waals surface area contributed by atoms with E-state index in [-0.39, 0.29) is 0 Å². The second-order valence-corrected chi connectivity index (χ2v) is 7.01. The zero-order chi connectivity index (χ0) is 12.0. The molecule has 1 aromatic heterocycles. The Bertz CT molecular complexity index is 387. The third kappa shape index (κ3) is 2.05. The highest BCUT2D eigenvalue weighted by atomic mass is 32.1. The fraction of sp³-hybridized carbons (Fsp3) is 0.714. The molecule has 3 rings (SSSR count). The maximum atomic E-state index is 6.14. The molecule has 0 spiro atoms. The van der Waals surface area contributed by atoms with Gasteiger partial charge in [-0.3, -0.25) is 4.90 Å². The number of piperidine rings is 1. The summed E-state index contributed by atoms with van der Waals surface area (Å²) in [4.78, 5) is 5.69. The molecule has 3 unspecified atom stereocenters. The van der Waals surface area contributed by atoms with E-state index >= 15 is 0 Å². The van der Waals surface area contributed by atoms with Gasteiger partial charge in [0.2, 0.25) is 0 Å². The fourth-order valence-corrected chi connectivity index (χ4v) is 4.65. The standard InChI is InChI=1S/C14H22N2S/c1-9-3-6-14(17-9)10(2)16-12-4-5-13(16)8-11(15)7-12/h3,6,10-13H,4-5,7-8,15H2,1-2H3. The van der Waals surface area contributed by atoms with Gasteiger partial charge in [0.1, 0.15) is 0 Å². The number of hydrogen-bond donors (Lipinski definition) is 1. The summed E-state index contributed by atoms with van der Waals surface area (Å²) in [5, 5.41) is 0. The van der Waals surface area contributed by atoms with Gasteiger partial charge >= 0.3 is 0 Å². The van der Waals surface area contributed by atoms with Gasteiger partial charge in [0.15, 0.2) is 0 Å². The highest BCUT2D eigenvalue weighted by molar-refractivity contribution is 7.12. The Morgan fingerprint density at radius 3 is 2.47 bits per heavy atom. The van der Waals surface area contributed by atoms with Crippen molar-refractivity contribution in [2.45, 2.75) is 63.7 Å². The fourth-order valence-electron chi connectivity index (χ4n) is 3.71. The molecular formula is C14H22N2S. The summed E-state index contributed by atoms with van der Waals surface area (Å²) >= 11 is 1.95. The van der Waals surface area contributed by atoms with E-state index in [0.717, 1.165) is 12.1 Å². The molecule has 2 fully saturated rings. The van der Waals surface area contributed by atoms with Crippen molar-refractivity contribution < 1.29 is 0 Å². The van der Waals surface area contributed by atoms with Crippen LogP contribution in [-0.4, -0.2) is 23.0 Å². The first-order chi connectivity index (χ1) is 8.15. The largest absolute Gasteiger partial charge is 0.328 e. The van der Waals surface area contributed by atoms with Crippen LogP contribution in [0.3, 0.4) is 0 Å². The van der Waals surface area contributed by atoms with Crippen LogP contribution >= 0.6 is 11.3 Å². The molecule has 94 valence electrons. The van der Waals surface area contributed by atoms with E-state index in [1.165, 1.54) is 35.4 Å². The number of fused-ring (bicyclic) bond motifs is 2.